The first-order chi connectivity index (χ1) is 18.6. The van der Waals surface area contributed by atoms with Crippen molar-refractivity contribution in [3.8, 4) is 0 Å². The maximum Gasteiger partial charge on any atom is 0.306 e. The molecule has 0 aliphatic carbocycles. The molecule has 0 amide bonds. The Bertz CT molecular complexity index is 505. The van der Waals surface area contributed by atoms with Gasteiger partial charge in [0.15, 0.2) is 0 Å². The van der Waals surface area contributed by atoms with Gasteiger partial charge >= 0.3 is 11.9 Å². The minimum absolute atomic E-state index is 0.0165. The molecule has 0 spiro atoms. The Labute approximate surface area is 237 Å². The lowest BCUT2D eigenvalue weighted by Crippen LogP contribution is -2.18. The van der Waals surface area contributed by atoms with Crippen LogP contribution in [0.2, 0.25) is 0 Å². The Balaban J connectivity index is 3.79. The lowest BCUT2D eigenvalue weighted by atomic mass is 10.0. The second kappa shape index (κ2) is 30.5. The molecule has 0 radical (unpaired) electrons. The van der Waals surface area contributed by atoms with Crippen molar-refractivity contribution in [1.29, 1.82) is 0 Å². The van der Waals surface area contributed by atoms with Gasteiger partial charge in [-0.15, -0.1) is 0 Å². The van der Waals surface area contributed by atoms with Gasteiger partial charge in [-0.05, 0) is 38.5 Å². The monoisotopic (exact) mass is 538 g/mol. The zero-order valence-corrected chi connectivity index (χ0v) is 25.8. The molecule has 0 bridgehead atoms. The molecular weight excluding hydrogens is 472 g/mol. The Hall–Kier alpha value is -1.06. The molecule has 38 heavy (non-hydrogen) atoms. The van der Waals surface area contributed by atoms with Crippen LogP contribution in [0.4, 0.5) is 0 Å². The largest absolute Gasteiger partial charge is 0.481 e. The Morgan fingerprint density at radius 2 is 0.789 bits per heavy atom. The van der Waals surface area contributed by atoms with Gasteiger partial charge in [0, 0.05) is 12.8 Å². The summed E-state index contributed by atoms with van der Waals surface area (Å²) in [6.45, 7) is 4.51. The molecule has 4 nitrogen and oxygen atoms in total. The van der Waals surface area contributed by atoms with E-state index < -0.39 is 5.97 Å². The second-order valence-electron chi connectivity index (χ2n) is 11.7. The maximum absolute atomic E-state index is 12.5. The number of esters is 1. The summed E-state index contributed by atoms with van der Waals surface area (Å²) in [6, 6.07) is 0. The Morgan fingerprint density at radius 3 is 1.18 bits per heavy atom. The van der Waals surface area contributed by atoms with E-state index in [2.05, 4.69) is 13.8 Å². The van der Waals surface area contributed by atoms with Crippen LogP contribution in [0.15, 0.2) is 0 Å². The predicted molar refractivity (Wildman–Crippen MR) is 163 cm³/mol. The highest BCUT2D eigenvalue weighted by atomic mass is 16.5. The lowest BCUT2D eigenvalue weighted by Gasteiger charge is -2.18. The number of carboxylic acids is 1. The fourth-order valence-electron chi connectivity index (χ4n) is 5.30. The van der Waals surface area contributed by atoms with Crippen LogP contribution in [-0.2, 0) is 14.3 Å². The molecule has 1 unspecified atom stereocenters. The van der Waals surface area contributed by atoms with Crippen molar-refractivity contribution in [2.45, 2.75) is 206 Å². The molecule has 0 fully saturated rings. The van der Waals surface area contributed by atoms with Gasteiger partial charge in [-0.3, -0.25) is 9.59 Å². The van der Waals surface area contributed by atoms with Crippen LogP contribution in [0.5, 0.6) is 0 Å². The summed E-state index contributed by atoms with van der Waals surface area (Å²) < 4.78 is 5.93. The van der Waals surface area contributed by atoms with E-state index >= 15 is 0 Å². The normalized spacial score (nSPS) is 12.1. The third-order valence-corrected chi connectivity index (χ3v) is 7.83. The van der Waals surface area contributed by atoms with E-state index in [4.69, 9.17) is 9.84 Å². The van der Waals surface area contributed by atoms with Gasteiger partial charge in [-0.1, -0.05) is 149 Å². The zero-order chi connectivity index (χ0) is 27.9. The van der Waals surface area contributed by atoms with E-state index in [0.29, 0.717) is 12.8 Å². The van der Waals surface area contributed by atoms with Crippen LogP contribution < -0.4 is 0 Å². The number of unbranched alkanes of at least 4 members (excludes halogenated alkanes) is 22. The molecule has 1 N–H and O–H groups in total. The minimum Gasteiger partial charge on any atom is -0.481 e. The first kappa shape index (κ1) is 36.9. The summed E-state index contributed by atoms with van der Waals surface area (Å²) in [5.74, 6) is -0.670. The predicted octanol–water partition coefficient (Wildman–Crippen LogP) is 11.3. The van der Waals surface area contributed by atoms with E-state index in [0.717, 1.165) is 57.8 Å². The Morgan fingerprint density at radius 1 is 0.474 bits per heavy atom. The molecule has 0 aliphatic rings. The number of rotatable bonds is 31. The SMILES string of the molecule is CCCCCCCCCCCCCCCCC(=O)OC(CCCCCC)CCCCCCCCCC(=O)O. The van der Waals surface area contributed by atoms with Gasteiger partial charge in [-0.2, -0.15) is 0 Å². The number of hydrogen-bond acceptors (Lipinski definition) is 3. The third-order valence-electron chi connectivity index (χ3n) is 7.83. The summed E-state index contributed by atoms with van der Waals surface area (Å²) in [6.07, 6.45) is 34.1. The van der Waals surface area contributed by atoms with E-state index in [1.165, 1.54) is 116 Å². The molecule has 4 heteroatoms. The molecule has 0 aromatic carbocycles. The fourth-order valence-corrected chi connectivity index (χ4v) is 5.30. The van der Waals surface area contributed by atoms with E-state index in [1.54, 1.807) is 0 Å². The van der Waals surface area contributed by atoms with Gasteiger partial charge in [-0.25, -0.2) is 0 Å². The van der Waals surface area contributed by atoms with Crippen LogP contribution in [-0.4, -0.2) is 23.1 Å². The first-order valence-corrected chi connectivity index (χ1v) is 17.0. The molecule has 0 aliphatic heterocycles. The zero-order valence-electron chi connectivity index (χ0n) is 25.8. The highest BCUT2D eigenvalue weighted by Gasteiger charge is 2.14. The summed E-state index contributed by atoms with van der Waals surface area (Å²) in [5.41, 5.74) is 0. The summed E-state index contributed by atoms with van der Waals surface area (Å²) in [7, 11) is 0. The minimum atomic E-state index is -0.686. The molecular formula is C34H66O4. The highest BCUT2D eigenvalue weighted by Crippen LogP contribution is 2.18. The van der Waals surface area contributed by atoms with Gasteiger partial charge in [0.05, 0.1) is 0 Å². The third kappa shape index (κ3) is 29.5. The van der Waals surface area contributed by atoms with E-state index in [9.17, 15) is 9.59 Å². The van der Waals surface area contributed by atoms with Crippen LogP contribution in [0.25, 0.3) is 0 Å². The first-order valence-electron chi connectivity index (χ1n) is 17.0. The quantitative estimate of drug-likeness (QED) is 0.0704. The van der Waals surface area contributed by atoms with Gasteiger partial charge < -0.3 is 9.84 Å². The highest BCUT2D eigenvalue weighted by molar-refractivity contribution is 5.69. The van der Waals surface area contributed by atoms with Crippen molar-refractivity contribution in [3.63, 3.8) is 0 Å². The summed E-state index contributed by atoms with van der Waals surface area (Å²) >= 11 is 0. The molecule has 0 aromatic rings. The standard InChI is InChI=1S/C34H66O4/c1-3-5-7-9-10-11-12-13-14-15-16-20-23-27-31-34(37)38-32(28-24-8-6-4-2)29-25-21-18-17-19-22-26-30-33(35)36/h32H,3-31H2,1-2H3,(H,35,36). The number of ether oxygens (including phenoxy) is 1. The van der Waals surface area contributed by atoms with Crippen LogP contribution >= 0.6 is 0 Å². The van der Waals surface area contributed by atoms with E-state index in [1.807, 2.05) is 0 Å². The molecule has 226 valence electrons. The van der Waals surface area contributed by atoms with Crippen molar-refractivity contribution >= 4 is 11.9 Å². The summed E-state index contributed by atoms with van der Waals surface area (Å²) in [4.78, 5) is 23.0. The maximum atomic E-state index is 12.5. The van der Waals surface area contributed by atoms with Crippen LogP contribution in [0, 0.1) is 0 Å². The van der Waals surface area contributed by atoms with Crippen LogP contribution in [0.1, 0.15) is 200 Å². The number of hydrogen-bond donors (Lipinski definition) is 1. The number of carbonyl (C=O) groups excluding carboxylic acids is 1. The molecule has 0 rings (SSSR count). The smallest absolute Gasteiger partial charge is 0.306 e. The van der Waals surface area contributed by atoms with Gasteiger partial charge in [0.2, 0.25) is 0 Å². The topological polar surface area (TPSA) is 63.6 Å². The molecule has 0 heterocycles. The summed E-state index contributed by atoms with van der Waals surface area (Å²) in [5, 5.41) is 8.70. The van der Waals surface area contributed by atoms with Crippen LogP contribution in [0.3, 0.4) is 0 Å². The molecule has 0 aromatic heterocycles. The van der Waals surface area contributed by atoms with Crippen molar-refractivity contribution in [3.05, 3.63) is 0 Å². The lowest BCUT2D eigenvalue weighted by molar-refractivity contribution is -0.150. The van der Waals surface area contributed by atoms with Crippen molar-refractivity contribution in [1.82, 2.24) is 0 Å². The number of carboxylic acid groups (broad SMARTS) is 1. The number of carbonyl (C=O) groups is 2. The average Bonchev–Trinajstić information content (AvgIpc) is 2.90. The molecule has 1 atom stereocenters. The van der Waals surface area contributed by atoms with Gasteiger partial charge in [0.1, 0.15) is 6.10 Å². The average molecular weight is 539 g/mol. The Kier molecular flexibility index (Phi) is 29.6. The molecule has 0 saturated carbocycles. The van der Waals surface area contributed by atoms with E-state index in [-0.39, 0.29) is 12.1 Å². The van der Waals surface area contributed by atoms with Crippen molar-refractivity contribution in [2.75, 3.05) is 0 Å². The second-order valence-corrected chi connectivity index (χ2v) is 11.7. The van der Waals surface area contributed by atoms with Gasteiger partial charge in [0.25, 0.3) is 0 Å². The fraction of sp³-hybridized carbons (Fsp3) is 0.941. The van der Waals surface area contributed by atoms with Crippen molar-refractivity contribution < 1.29 is 19.4 Å². The van der Waals surface area contributed by atoms with Crippen molar-refractivity contribution in [2.24, 2.45) is 0 Å². The molecule has 0 saturated heterocycles. The number of aliphatic carboxylic acids is 1.